The van der Waals surface area contributed by atoms with Crippen molar-refractivity contribution < 1.29 is 9.47 Å². The zero-order chi connectivity index (χ0) is 15.1. The summed E-state index contributed by atoms with van der Waals surface area (Å²) in [6.45, 7) is 5.57. The van der Waals surface area contributed by atoms with Crippen molar-refractivity contribution in [3.8, 4) is 11.5 Å². The molecule has 0 aliphatic rings. The number of hydrogen-bond acceptors (Lipinski definition) is 4. The highest BCUT2D eigenvalue weighted by Gasteiger charge is 2.07. The number of benzene rings is 1. The molecule has 2 rings (SSSR count). The first-order valence-electron chi connectivity index (χ1n) is 7.11. The summed E-state index contributed by atoms with van der Waals surface area (Å²) in [5, 5.41) is 3.40. The average molecular weight is 286 g/mol. The van der Waals surface area contributed by atoms with Gasteiger partial charge in [0.2, 0.25) is 0 Å². The highest BCUT2D eigenvalue weighted by Crippen LogP contribution is 2.28. The molecule has 0 bridgehead atoms. The summed E-state index contributed by atoms with van der Waals surface area (Å²) in [4.78, 5) is 4.00. The third-order valence-corrected chi connectivity index (χ3v) is 3.09. The Balaban J connectivity index is 2.06. The highest BCUT2D eigenvalue weighted by atomic mass is 16.5. The van der Waals surface area contributed by atoms with Gasteiger partial charge in [-0.3, -0.25) is 4.98 Å². The maximum absolute atomic E-state index is 5.88. The first kappa shape index (κ1) is 15.3. The molecule has 0 aliphatic heterocycles. The molecule has 0 saturated carbocycles. The van der Waals surface area contributed by atoms with Crippen LogP contribution in [0.3, 0.4) is 0 Å². The summed E-state index contributed by atoms with van der Waals surface area (Å²) in [5.41, 5.74) is 2.26. The van der Waals surface area contributed by atoms with Gasteiger partial charge in [-0.15, -0.1) is 0 Å². The van der Waals surface area contributed by atoms with E-state index in [4.69, 9.17) is 9.47 Å². The van der Waals surface area contributed by atoms with Crippen molar-refractivity contribution in [2.75, 3.05) is 7.11 Å². The van der Waals surface area contributed by atoms with Gasteiger partial charge < -0.3 is 14.8 Å². The van der Waals surface area contributed by atoms with E-state index < -0.39 is 0 Å². The molecule has 0 saturated heterocycles. The molecule has 1 aromatic heterocycles. The zero-order valence-corrected chi connectivity index (χ0v) is 12.8. The van der Waals surface area contributed by atoms with E-state index in [2.05, 4.69) is 24.1 Å². The Morgan fingerprint density at radius 1 is 1.05 bits per heavy atom. The number of ether oxygens (including phenoxy) is 2. The van der Waals surface area contributed by atoms with Crippen LogP contribution in [0.5, 0.6) is 11.5 Å². The molecule has 1 N–H and O–H groups in total. The molecule has 4 heteroatoms. The summed E-state index contributed by atoms with van der Waals surface area (Å²) >= 11 is 0. The zero-order valence-electron chi connectivity index (χ0n) is 12.8. The summed E-state index contributed by atoms with van der Waals surface area (Å²) in [6, 6.07) is 10.4. The number of nitrogens with one attached hydrogen (secondary N) is 1. The molecule has 0 atom stereocenters. The number of methoxy groups -OCH3 is 1. The molecule has 0 aliphatic carbocycles. The smallest absolute Gasteiger partial charge is 0.161 e. The van der Waals surface area contributed by atoms with Crippen molar-refractivity contribution in [3.05, 3.63) is 53.9 Å². The standard InChI is InChI=1S/C17H22N2O2/c1-13(2)19-11-15-4-5-16(20-3)17(10-15)21-12-14-6-8-18-9-7-14/h4-10,13,19H,11-12H2,1-3H3. The number of rotatable bonds is 7. The van der Waals surface area contributed by atoms with Crippen molar-refractivity contribution in [1.29, 1.82) is 0 Å². The van der Waals surface area contributed by atoms with E-state index in [1.54, 1.807) is 19.5 Å². The second kappa shape index (κ2) is 7.64. The minimum Gasteiger partial charge on any atom is -0.493 e. The van der Waals surface area contributed by atoms with Crippen molar-refractivity contribution in [1.82, 2.24) is 10.3 Å². The number of pyridine rings is 1. The fraction of sp³-hybridized carbons (Fsp3) is 0.353. The minimum absolute atomic E-state index is 0.452. The monoisotopic (exact) mass is 286 g/mol. The average Bonchev–Trinajstić information content (AvgIpc) is 2.52. The Hall–Kier alpha value is -2.07. The van der Waals surface area contributed by atoms with E-state index in [1.807, 2.05) is 30.3 Å². The molecule has 2 aromatic rings. The van der Waals surface area contributed by atoms with Gasteiger partial charge in [0.05, 0.1) is 7.11 Å². The van der Waals surface area contributed by atoms with Crippen molar-refractivity contribution in [3.63, 3.8) is 0 Å². The van der Waals surface area contributed by atoms with Crippen LogP contribution in [0.1, 0.15) is 25.0 Å². The van der Waals surface area contributed by atoms with Crippen LogP contribution in [0, 0.1) is 0 Å². The van der Waals surface area contributed by atoms with Crippen molar-refractivity contribution in [2.45, 2.75) is 33.0 Å². The van der Waals surface area contributed by atoms with Gasteiger partial charge in [-0.2, -0.15) is 0 Å². The Kier molecular flexibility index (Phi) is 5.58. The van der Waals surface area contributed by atoms with Crippen LogP contribution in [-0.2, 0) is 13.2 Å². The molecular weight excluding hydrogens is 264 g/mol. The van der Waals surface area contributed by atoms with Gasteiger partial charge in [0, 0.05) is 25.0 Å². The van der Waals surface area contributed by atoms with Crippen LogP contribution in [-0.4, -0.2) is 18.1 Å². The van der Waals surface area contributed by atoms with Crippen LogP contribution in [0.2, 0.25) is 0 Å². The third-order valence-electron chi connectivity index (χ3n) is 3.09. The van der Waals surface area contributed by atoms with E-state index in [-0.39, 0.29) is 0 Å². The fourth-order valence-corrected chi connectivity index (χ4v) is 1.91. The summed E-state index contributed by atoms with van der Waals surface area (Å²) < 4.78 is 11.2. The third kappa shape index (κ3) is 4.76. The summed E-state index contributed by atoms with van der Waals surface area (Å²) in [7, 11) is 1.65. The van der Waals surface area contributed by atoms with Gasteiger partial charge in [-0.05, 0) is 35.4 Å². The maximum atomic E-state index is 5.88. The lowest BCUT2D eigenvalue weighted by atomic mass is 10.2. The van der Waals surface area contributed by atoms with Gasteiger partial charge in [-0.25, -0.2) is 0 Å². The Bertz CT molecular complexity index is 556. The van der Waals surface area contributed by atoms with Gasteiger partial charge >= 0.3 is 0 Å². The molecule has 1 aromatic carbocycles. The topological polar surface area (TPSA) is 43.4 Å². The predicted octanol–water partition coefficient (Wildman–Crippen LogP) is 3.17. The first-order valence-corrected chi connectivity index (χ1v) is 7.11. The lowest BCUT2D eigenvalue weighted by Gasteiger charge is -2.13. The Morgan fingerprint density at radius 3 is 2.48 bits per heavy atom. The molecule has 0 unspecified atom stereocenters. The fourth-order valence-electron chi connectivity index (χ4n) is 1.91. The first-order chi connectivity index (χ1) is 10.2. The van der Waals surface area contributed by atoms with Crippen LogP contribution in [0.4, 0.5) is 0 Å². The molecule has 112 valence electrons. The van der Waals surface area contributed by atoms with E-state index in [0.29, 0.717) is 12.6 Å². The second-order valence-corrected chi connectivity index (χ2v) is 5.16. The molecule has 21 heavy (non-hydrogen) atoms. The largest absolute Gasteiger partial charge is 0.493 e. The normalized spacial score (nSPS) is 10.7. The van der Waals surface area contributed by atoms with E-state index >= 15 is 0 Å². The van der Waals surface area contributed by atoms with E-state index in [1.165, 1.54) is 5.56 Å². The number of hydrogen-bond donors (Lipinski definition) is 1. The molecular formula is C17H22N2O2. The molecule has 0 fully saturated rings. The Morgan fingerprint density at radius 2 is 1.81 bits per heavy atom. The number of aromatic nitrogens is 1. The van der Waals surface area contributed by atoms with Gasteiger partial charge in [0.25, 0.3) is 0 Å². The van der Waals surface area contributed by atoms with Gasteiger partial charge in [0.1, 0.15) is 6.61 Å². The van der Waals surface area contributed by atoms with E-state index in [0.717, 1.165) is 23.6 Å². The van der Waals surface area contributed by atoms with Gasteiger partial charge in [0.15, 0.2) is 11.5 Å². The highest BCUT2D eigenvalue weighted by molar-refractivity contribution is 5.43. The predicted molar refractivity (Wildman–Crippen MR) is 83.5 cm³/mol. The molecule has 1 heterocycles. The number of nitrogens with zero attached hydrogens (tertiary/aromatic N) is 1. The minimum atomic E-state index is 0.452. The maximum Gasteiger partial charge on any atom is 0.161 e. The molecule has 0 amide bonds. The Labute approximate surface area is 126 Å². The van der Waals surface area contributed by atoms with Crippen LogP contribution in [0.15, 0.2) is 42.7 Å². The van der Waals surface area contributed by atoms with Crippen LogP contribution < -0.4 is 14.8 Å². The van der Waals surface area contributed by atoms with Crippen LogP contribution >= 0.6 is 0 Å². The second-order valence-electron chi connectivity index (χ2n) is 5.16. The lowest BCUT2D eigenvalue weighted by Crippen LogP contribution is -2.21. The molecule has 0 spiro atoms. The quantitative estimate of drug-likeness (QED) is 0.849. The van der Waals surface area contributed by atoms with E-state index in [9.17, 15) is 0 Å². The van der Waals surface area contributed by atoms with Crippen molar-refractivity contribution >= 4 is 0 Å². The molecule has 0 radical (unpaired) electrons. The molecule has 4 nitrogen and oxygen atoms in total. The van der Waals surface area contributed by atoms with Crippen LogP contribution in [0.25, 0.3) is 0 Å². The summed E-state index contributed by atoms with van der Waals surface area (Å²) in [5.74, 6) is 1.51. The van der Waals surface area contributed by atoms with Crippen molar-refractivity contribution in [2.24, 2.45) is 0 Å². The summed E-state index contributed by atoms with van der Waals surface area (Å²) in [6.07, 6.45) is 3.53. The van der Waals surface area contributed by atoms with Gasteiger partial charge in [-0.1, -0.05) is 19.9 Å². The SMILES string of the molecule is COc1ccc(CNC(C)C)cc1OCc1ccncc1. The lowest BCUT2D eigenvalue weighted by molar-refractivity contribution is 0.284.